The first kappa shape index (κ1) is 23.5. The van der Waals surface area contributed by atoms with Gasteiger partial charge in [-0.3, -0.25) is 15.0 Å². The molecular weight excluding hydrogens is 502 g/mol. The number of H-pyrrole nitrogens is 1. The molecule has 1 N–H and O–H groups in total. The van der Waals surface area contributed by atoms with Crippen molar-refractivity contribution >= 4 is 39.9 Å². The lowest BCUT2D eigenvalue weighted by atomic mass is 9.87. The molecule has 1 aromatic carbocycles. The summed E-state index contributed by atoms with van der Waals surface area (Å²) in [5.41, 5.74) is 2.79. The van der Waals surface area contributed by atoms with Crippen molar-refractivity contribution in [3.05, 3.63) is 64.3 Å². The van der Waals surface area contributed by atoms with Gasteiger partial charge >= 0.3 is 0 Å². The molecule has 0 spiro atoms. The lowest BCUT2D eigenvalue weighted by molar-refractivity contribution is 0.0203. The molecule has 2 aliphatic heterocycles. The number of nitrogens with one attached hydrogen (secondary N) is 1. The van der Waals surface area contributed by atoms with Gasteiger partial charge in [0, 0.05) is 61.3 Å². The molecule has 5 heterocycles. The van der Waals surface area contributed by atoms with Crippen molar-refractivity contribution in [3.63, 3.8) is 0 Å². The van der Waals surface area contributed by atoms with Gasteiger partial charge in [-0.05, 0) is 44.5 Å². The van der Waals surface area contributed by atoms with Gasteiger partial charge in [-0.2, -0.15) is 5.10 Å². The third-order valence-corrected chi connectivity index (χ3v) is 7.82. The SMILES string of the molecule is C[C@@H](Oc1ccc2[nH]nc(-c3cnc(N4CC(C)(N5CCC5)C4)c(F)c3)c2c1)c1c(Cl)cncc1Cl. The zero-order valence-corrected chi connectivity index (χ0v) is 21.4. The highest BCUT2D eigenvalue weighted by molar-refractivity contribution is 6.35. The molecule has 0 aliphatic carbocycles. The quantitative estimate of drug-likeness (QED) is 0.337. The molecule has 10 heteroatoms. The van der Waals surface area contributed by atoms with Crippen LogP contribution in [0, 0.1) is 5.82 Å². The number of aromatic nitrogens is 4. The second-order valence-electron chi connectivity index (χ2n) is 9.78. The van der Waals surface area contributed by atoms with Crippen molar-refractivity contribution in [1.82, 2.24) is 25.1 Å². The van der Waals surface area contributed by atoms with Crippen LogP contribution >= 0.6 is 23.2 Å². The summed E-state index contributed by atoms with van der Waals surface area (Å²) < 4.78 is 21.3. The number of hydrogen-bond donors (Lipinski definition) is 1. The Balaban J connectivity index is 1.24. The fourth-order valence-corrected chi connectivity index (χ4v) is 5.81. The molecule has 6 rings (SSSR count). The summed E-state index contributed by atoms with van der Waals surface area (Å²) in [4.78, 5) is 12.9. The molecule has 2 fully saturated rings. The zero-order valence-electron chi connectivity index (χ0n) is 19.9. The molecule has 4 aromatic rings. The number of aromatic amines is 1. The second kappa shape index (κ2) is 8.87. The predicted molar refractivity (Wildman–Crippen MR) is 139 cm³/mol. The van der Waals surface area contributed by atoms with E-state index in [2.05, 4.69) is 32.0 Å². The van der Waals surface area contributed by atoms with Crippen LogP contribution in [0.5, 0.6) is 5.75 Å². The fourth-order valence-electron chi connectivity index (χ4n) is 5.13. The Morgan fingerprint density at radius 1 is 1.11 bits per heavy atom. The lowest BCUT2D eigenvalue weighted by Crippen LogP contribution is -2.71. The summed E-state index contributed by atoms with van der Waals surface area (Å²) in [6.07, 6.45) is 5.59. The first-order chi connectivity index (χ1) is 17.3. The summed E-state index contributed by atoms with van der Waals surface area (Å²) in [5, 5.41) is 9.12. The number of pyridine rings is 2. The predicted octanol–water partition coefficient (Wildman–Crippen LogP) is 5.89. The van der Waals surface area contributed by atoms with Crippen molar-refractivity contribution in [2.45, 2.75) is 31.9 Å². The molecule has 2 aliphatic rings. The van der Waals surface area contributed by atoms with Gasteiger partial charge in [0.15, 0.2) is 11.6 Å². The molecule has 0 saturated carbocycles. The van der Waals surface area contributed by atoms with Crippen molar-refractivity contribution < 1.29 is 9.13 Å². The molecule has 3 aromatic heterocycles. The second-order valence-corrected chi connectivity index (χ2v) is 10.6. The van der Waals surface area contributed by atoms with Crippen LogP contribution in [0.1, 0.15) is 31.9 Å². The van der Waals surface area contributed by atoms with Crippen LogP contribution in [0.3, 0.4) is 0 Å². The van der Waals surface area contributed by atoms with Gasteiger partial charge in [0.1, 0.15) is 17.5 Å². The Morgan fingerprint density at radius 2 is 1.86 bits per heavy atom. The van der Waals surface area contributed by atoms with E-state index in [1.807, 2.05) is 30.0 Å². The van der Waals surface area contributed by atoms with Gasteiger partial charge in [0.25, 0.3) is 0 Å². The number of ether oxygens (including phenoxy) is 1. The lowest BCUT2D eigenvalue weighted by Gasteiger charge is -2.57. The molecule has 186 valence electrons. The highest BCUT2D eigenvalue weighted by Gasteiger charge is 2.46. The van der Waals surface area contributed by atoms with Crippen LogP contribution in [-0.2, 0) is 0 Å². The van der Waals surface area contributed by atoms with Gasteiger partial charge < -0.3 is 9.64 Å². The molecule has 0 bridgehead atoms. The summed E-state index contributed by atoms with van der Waals surface area (Å²) in [5.74, 6) is 0.648. The smallest absolute Gasteiger partial charge is 0.166 e. The highest BCUT2D eigenvalue weighted by Crippen LogP contribution is 2.37. The van der Waals surface area contributed by atoms with Crippen molar-refractivity contribution in [3.8, 4) is 17.0 Å². The monoisotopic (exact) mass is 526 g/mol. The van der Waals surface area contributed by atoms with Crippen molar-refractivity contribution in [2.24, 2.45) is 0 Å². The van der Waals surface area contributed by atoms with E-state index in [4.69, 9.17) is 27.9 Å². The van der Waals surface area contributed by atoms with E-state index in [1.54, 1.807) is 6.20 Å². The normalized spacial score (nSPS) is 18.1. The minimum Gasteiger partial charge on any atom is -0.486 e. The maximum absolute atomic E-state index is 15.2. The van der Waals surface area contributed by atoms with E-state index in [1.165, 1.54) is 24.9 Å². The van der Waals surface area contributed by atoms with Crippen LogP contribution in [0.4, 0.5) is 10.2 Å². The van der Waals surface area contributed by atoms with Crippen LogP contribution in [0.15, 0.2) is 42.9 Å². The number of rotatable bonds is 6. The Morgan fingerprint density at radius 3 is 2.53 bits per heavy atom. The van der Waals surface area contributed by atoms with Gasteiger partial charge in [0.05, 0.1) is 21.1 Å². The third-order valence-electron chi connectivity index (χ3n) is 7.22. The van der Waals surface area contributed by atoms with Crippen LogP contribution in [0.25, 0.3) is 22.2 Å². The number of nitrogens with zero attached hydrogens (tertiary/aromatic N) is 5. The van der Waals surface area contributed by atoms with Crippen molar-refractivity contribution in [1.29, 1.82) is 0 Å². The fraction of sp³-hybridized carbons (Fsp3) is 0.346. The van der Waals surface area contributed by atoms with Crippen LogP contribution in [-0.4, -0.2) is 56.8 Å². The van der Waals surface area contributed by atoms with E-state index < -0.39 is 6.10 Å². The van der Waals surface area contributed by atoms with Gasteiger partial charge in [-0.25, -0.2) is 9.37 Å². The van der Waals surface area contributed by atoms with E-state index in [0.717, 1.165) is 37.1 Å². The minimum absolute atomic E-state index is 0.113. The summed E-state index contributed by atoms with van der Waals surface area (Å²) in [7, 11) is 0. The Kier molecular flexibility index (Phi) is 5.78. The van der Waals surface area contributed by atoms with Crippen LogP contribution < -0.4 is 9.64 Å². The number of benzene rings is 1. The number of hydrogen-bond acceptors (Lipinski definition) is 6. The van der Waals surface area contributed by atoms with E-state index in [9.17, 15) is 0 Å². The third kappa shape index (κ3) is 3.97. The molecular formula is C26H25Cl2FN6O. The minimum atomic E-state index is -0.405. The largest absolute Gasteiger partial charge is 0.486 e. The van der Waals surface area contributed by atoms with Gasteiger partial charge in [-0.15, -0.1) is 0 Å². The summed E-state index contributed by atoms with van der Waals surface area (Å²) in [6.45, 7) is 7.92. The molecule has 36 heavy (non-hydrogen) atoms. The topological polar surface area (TPSA) is 70.2 Å². The molecule has 0 unspecified atom stereocenters. The number of halogens is 3. The number of anilines is 1. The number of fused-ring (bicyclic) bond motifs is 1. The molecule has 0 amide bonds. The molecule has 1 atom stereocenters. The first-order valence-corrected chi connectivity index (χ1v) is 12.7. The Labute approximate surface area is 218 Å². The maximum Gasteiger partial charge on any atom is 0.166 e. The first-order valence-electron chi connectivity index (χ1n) is 11.9. The average Bonchev–Trinajstić information content (AvgIpc) is 3.19. The maximum atomic E-state index is 15.2. The van der Waals surface area contributed by atoms with Crippen LogP contribution in [0.2, 0.25) is 10.0 Å². The molecule has 0 radical (unpaired) electrons. The van der Waals surface area contributed by atoms with Gasteiger partial charge in [0.2, 0.25) is 0 Å². The summed E-state index contributed by atoms with van der Waals surface area (Å²) in [6, 6.07) is 7.08. The molecule has 2 saturated heterocycles. The molecule has 7 nitrogen and oxygen atoms in total. The van der Waals surface area contributed by atoms with E-state index in [-0.39, 0.29) is 11.4 Å². The van der Waals surface area contributed by atoms with Crippen molar-refractivity contribution in [2.75, 3.05) is 31.1 Å². The Bertz CT molecular complexity index is 1430. The standard InChI is InChI=1S/C26H25Cl2FN6O/c1-15(23-19(27)11-30-12-20(23)28)36-17-4-5-22-18(9-17)24(33-32-22)16-8-21(29)25(31-10-16)34-13-26(2,14-34)35-6-3-7-35/h4-5,8-12,15H,3,6-7,13-14H2,1-2H3,(H,32,33)/t15-/m1/s1. The zero-order chi connectivity index (χ0) is 25.0. The van der Waals surface area contributed by atoms with E-state index in [0.29, 0.717) is 38.4 Å². The average molecular weight is 527 g/mol. The Hall–Kier alpha value is -2.94. The van der Waals surface area contributed by atoms with Gasteiger partial charge in [-0.1, -0.05) is 23.2 Å². The summed E-state index contributed by atoms with van der Waals surface area (Å²) >= 11 is 12.6. The highest BCUT2D eigenvalue weighted by atomic mass is 35.5. The van der Waals surface area contributed by atoms with E-state index >= 15 is 4.39 Å². The number of likely N-dealkylation sites (tertiary alicyclic amines) is 1.